The molecule has 1 fully saturated rings. The fourth-order valence-corrected chi connectivity index (χ4v) is 6.24. The summed E-state index contributed by atoms with van der Waals surface area (Å²) in [5.74, 6) is 0.487. The predicted octanol–water partition coefficient (Wildman–Crippen LogP) is 2.36. The first-order chi connectivity index (χ1) is 17.8. The van der Waals surface area contributed by atoms with Gasteiger partial charge in [-0.15, -0.1) is 10.2 Å². The lowest BCUT2D eigenvalue weighted by atomic mass is 10.2. The summed E-state index contributed by atoms with van der Waals surface area (Å²) >= 11 is 3.66. The Balaban J connectivity index is 1.38. The fraction of sp³-hybridized carbons (Fsp3) is 0.227. The molecule has 15 heteroatoms. The molecule has 4 aromatic rings. The van der Waals surface area contributed by atoms with Crippen LogP contribution in [-0.4, -0.2) is 47.1 Å². The first kappa shape index (κ1) is 25.0. The molecular weight excluding hydrogens is 536 g/mol. The lowest BCUT2D eigenvalue weighted by Gasteiger charge is -2.05. The van der Waals surface area contributed by atoms with E-state index >= 15 is 0 Å². The van der Waals surface area contributed by atoms with Gasteiger partial charge in [-0.3, -0.25) is 18.7 Å². The topological polar surface area (TPSA) is 138 Å². The molecular formula is C22H20N8O4S3. The Kier molecular flexibility index (Phi) is 6.74. The number of imidazole rings is 1. The molecule has 0 spiro atoms. The molecule has 190 valence electrons. The molecule has 0 bridgehead atoms. The number of hydrogen-bond donors (Lipinski definition) is 1. The number of aromatic nitrogens is 6. The van der Waals surface area contributed by atoms with Gasteiger partial charge in [-0.2, -0.15) is 4.99 Å². The lowest BCUT2D eigenvalue weighted by molar-refractivity contribution is -0.115. The summed E-state index contributed by atoms with van der Waals surface area (Å²) in [5.41, 5.74) is 0.668. The Morgan fingerprint density at radius 2 is 1.89 bits per heavy atom. The molecule has 1 aliphatic heterocycles. The molecule has 1 N–H and O–H groups in total. The third kappa shape index (κ3) is 4.72. The molecule has 1 aromatic carbocycles. The van der Waals surface area contributed by atoms with Crippen molar-refractivity contribution in [3.05, 3.63) is 55.6 Å². The van der Waals surface area contributed by atoms with Gasteiger partial charge in [-0.1, -0.05) is 23.5 Å². The van der Waals surface area contributed by atoms with Gasteiger partial charge in [0.2, 0.25) is 5.13 Å². The Morgan fingerprint density at radius 3 is 2.59 bits per heavy atom. The molecule has 0 aliphatic carbocycles. The predicted molar refractivity (Wildman–Crippen MR) is 144 cm³/mol. The van der Waals surface area contributed by atoms with Crippen LogP contribution in [-0.2, 0) is 25.4 Å². The minimum absolute atomic E-state index is 0.248. The van der Waals surface area contributed by atoms with E-state index in [4.69, 9.17) is 4.74 Å². The standard InChI is InChI=1S/C22H20N8O4S3/c1-5-30-14-15(28(2)22(33)29(3)17(14)32)23-20(30)37-21-27-26-19(36-21)25-18-24-16(31)13(35-18)10-11-6-8-12(34-4)9-7-11/h6-10H,5H2,1-4H3,(H,24,25,26,31)/b13-10-. The Morgan fingerprint density at radius 1 is 1.14 bits per heavy atom. The van der Waals surface area contributed by atoms with Crippen LogP contribution in [0.2, 0.25) is 0 Å². The maximum absolute atomic E-state index is 12.7. The summed E-state index contributed by atoms with van der Waals surface area (Å²) in [4.78, 5) is 46.9. The number of amides is 1. The summed E-state index contributed by atoms with van der Waals surface area (Å²) in [5, 5.41) is 12.3. The number of benzene rings is 1. The van der Waals surface area contributed by atoms with Gasteiger partial charge in [0.25, 0.3) is 11.5 Å². The molecule has 1 amide bonds. The van der Waals surface area contributed by atoms with Gasteiger partial charge in [0.05, 0.1) is 12.0 Å². The number of carbonyl (C=O) groups excluding carboxylic acids is 1. The summed E-state index contributed by atoms with van der Waals surface area (Å²) in [7, 11) is 4.62. The molecule has 0 radical (unpaired) electrons. The molecule has 4 heterocycles. The van der Waals surface area contributed by atoms with Gasteiger partial charge in [-0.25, -0.2) is 9.78 Å². The van der Waals surface area contributed by atoms with Crippen molar-refractivity contribution in [2.45, 2.75) is 23.0 Å². The van der Waals surface area contributed by atoms with Crippen LogP contribution in [0.3, 0.4) is 0 Å². The summed E-state index contributed by atoms with van der Waals surface area (Å²) in [6.45, 7) is 2.37. The molecule has 1 saturated heterocycles. The van der Waals surface area contributed by atoms with E-state index in [-0.39, 0.29) is 5.91 Å². The second-order valence-electron chi connectivity index (χ2n) is 7.72. The third-order valence-corrected chi connectivity index (χ3v) is 8.24. The van der Waals surface area contributed by atoms with E-state index in [1.807, 2.05) is 31.2 Å². The van der Waals surface area contributed by atoms with Gasteiger partial charge in [0.15, 0.2) is 25.8 Å². The normalized spacial score (nSPS) is 15.7. The number of fused-ring (bicyclic) bond motifs is 1. The van der Waals surface area contributed by atoms with Crippen LogP contribution in [0, 0.1) is 0 Å². The highest BCUT2D eigenvalue weighted by molar-refractivity contribution is 8.18. The Labute approximate surface area is 222 Å². The van der Waals surface area contributed by atoms with Gasteiger partial charge >= 0.3 is 5.69 Å². The number of carbonyl (C=O) groups is 1. The van der Waals surface area contributed by atoms with Crippen molar-refractivity contribution in [3.8, 4) is 5.75 Å². The molecule has 0 unspecified atom stereocenters. The van der Waals surface area contributed by atoms with Crippen molar-refractivity contribution >= 4 is 68.3 Å². The van der Waals surface area contributed by atoms with Crippen molar-refractivity contribution < 1.29 is 9.53 Å². The molecule has 1 aliphatic rings. The van der Waals surface area contributed by atoms with Crippen LogP contribution in [0.25, 0.3) is 17.2 Å². The zero-order valence-electron chi connectivity index (χ0n) is 20.1. The van der Waals surface area contributed by atoms with Crippen LogP contribution in [0.5, 0.6) is 5.75 Å². The highest BCUT2D eigenvalue weighted by Gasteiger charge is 2.25. The highest BCUT2D eigenvalue weighted by atomic mass is 32.2. The second kappa shape index (κ2) is 9.99. The number of aryl methyl sites for hydroxylation is 2. The van der Waals surface area contributed by atoms with Crippen LogP contribution in [0.4, 0.5) is 5.13 Å². The minimum Gasteiger partial charge on any atom is -0.497 e. The van der Waals surface area contributed by atoms with Gasteiger partial charge < -0.3 is 14.6 Å². The maximum Gasteiger partial charge on any atom is 0.332 e. The first-order valence-corrected chi connectivity index (χ1v) is 13.3. The number of methoxy groups -OCH3 is 1. The van der Waals surface area contributed by atoms with E-state index in [2.05, 4.69) is 25.5 Å². The van der Waals surface area contributed by atoms with E-state index in [0.717, 1.165) is 15.9 Å². The minimum atomic E-state index is -0.444. The molecule has 5 rings (SSSR count). The monoisotopic (exact) mass is 556 g/mol. The van der Waals surface area contributed by atoms with Crippen molar-refractivity contribution in [2.75, 3.05) is 7.11 Å². The smallest absolute Gasteiger partial charge is 0.332 e. The zero-order valence-corrected chi connectivity index (χ0v) is 22.5. The van der Waals surface area contributed by atoms with Gasteiger partial charge in [0, 0.05) is 20.6 Å². The average molecular weight is 557 g/mol. The van der Waals surface area contributed by atoms with E-state index < -0.39 is 11.2 Å². The number of hydrogen-bond acceptors (Lipinski definition) is 11. The molecule has 3 aromatic heterocycles. The first-order valence-electron chi connectivity index (χ1n) is 10.9. The van der Waals surface area contributed by atoms with Crippen molar-refractivity contribution in [1.29, 1.82) is 0 Å². The largest absolute Gasteiger partial charge is 0.497 e. The van der Waals surface area contributed by atoms with Crippen LogP contribution in [0.1, 0.15) is 12.5 Å². The lowest BCUT2D eigenvalue weighted by Crippen LogP contribution is -2.37. The van der Waals surface area contributed by atoms with Crippen LogP contribution >= 0.6 is 34.9 Å². The van der Waals surface area contributed by atoms with Crippen molar-refractivity contribution in [3.63, 3.8) is 0 Å². The number of thioether (sulfide) groups is 1. The number of nitrogens with one attached hydrogen (secondary N) is 1. The number of amidine groups is 1. The average Bonchev–Trinajstić information content (AvgIpc) is 3.59. The molecule has 37 heavy (non-hydrogen) atoms. The van der Waals surface area contributed by atoms with E-state index in [9.17, 15) is 14.4 Å². The van der Waals surface area contributed by atoms with E-state index in [0.29, 0.717) is 42.4 Å². The van der Waals surface area contributed by atoms with Gasteiger partial charge in [0.1, 0.15) is 5.75 Å². The summed E-state index contributed by atoms with van der Waals surface area (Å²) < 4.78 is 9.87. The van der Waals surface area contributed by atoms with Gasteiger partial charge in [-0.05, 0) is 54.2 Å². The summed E-state index contributed by atoms with van der Waals surface area (Å²) in [6, 6.07) is 7.37. The molecule has 12 nitrogen and oxygen atoms in total. The van der Waals surface area contributed by atoms with Crippen LogP contribution in [0.15, 0.2) is 53.2 Å². The van der Waals surface area contributed by atoms with Crippen molar-refractivity contribution in [2.24, 2.45) is 19.1 Å². The fourth-order valence-electron chi connectivity index (χ4n) is 3.58. The quantitative estimate of drug-likeness (QED) is 0.355. The molecule has 0 atom stereocenters. The number of ether oxygens (including phenoxy) is 1. The zero-order chi connectivity index (χ0) is 26.3. The summed E-state index contributed by atoms with van der Waals surface area (Å²) in [6.07, 6.45) is 1.77. The van der Waals surface area contributed by atoms with Crippen molar-refractivity contribution in [1.82, 2.24) is 34.2 Å². The van der Waals surface area contributed by atoms with E-state index in [1.54, 1.807) is 24.8 Å². The number of aliphatic imine (C=N–C) groups is 1. The second-order valence-corrected chi connectivity index (χ2v) is 10.9. The Bertz CT molecular complexity index is 1710. The number of rotatable bonds is 6. The maximum atomic E-state index is 12.7. The number of nitrogens with zero attached hydrogens (tertiary/aromatic N) is 7. The van der Waals surface area contributed by atoms with E-state index in [1.165, 1.54) is 46.5 Å². The third-order valence-electron chi connectivity index (χ3n) is 5.47. The Hall–Kier alpha value is -3.69. The molecule has 0 saturated carbocycles. The van der Waals surface area contributed by atoms with Crippen LogP contribution < -0.4 is 21.3 Å². The highest BCUT2D eigenvalue weighted by Crippen LogP contribution is 2.35. The SMILES string of the molecule is CCn1c(Sc2nnc(/N=C3\NC(=O)/C(=C/c4ccc(OC)cc4)S3)s2)nc2c1c(=O)n(C)c(=O)n2C.